The molecule has 0 aliphatic heterocycles. The van der Waals surface area contributed by atoms with Crippen LogP contribution in [-0.2, 0) is 12.0 Å². The van der Waals surface area contributed by atoms with Gasteiger partial charge in [0.2, 0.25) is 0 Å². The summed E-state index contributed by atoms with van der Waals surface area (Å²) >= 11 is 0. The number of ether oxygens (including phenoxy) is 1. The van der Waals surface area contributed by atoms with Gasteiger partial charge in [0.1, 0.15) is 5.75 Å². The van der Waals surface area contributed by atoms with E-state index in [2.05, 4.69) is 32.2 Å². The minimum absolute atomic E-state index is 0.00688. The minimum Gasteiger partial charge on any atom is -0.496 e. The van der Waals surface area contributed by atoms with Crippen LogP contribution in [0.2, 0.25) is 0 Å². The number of benzene rings is 1. The van der Waals surface area contributed by atoms with Gasteiger partial charge in [-0.3, -0.25) is 0 Å². The van der Waals surface area contributed by atoms with E-state index < -0.39 is 0 Å². The van der Waals surface area contributed by atoms with Gasteiger partial charge >= 0.3 is 6.03 Å². The summed E-state index contributed by atoms with van der Waals surface area (Å²) in [5.41, 5.74) is 2.25. The summed E-state index contributed by atoms with van der Waals surface area (Å²) in [4.78, 5) is 13.2. The van der Waals surface area contributed by atoms with E-state index in [0.717, 1.165) is 16.9 Å². The highest BCUT2D eigenvalue weighted by Gasteiger charge is 2.19. The van der Waals surface area contributed by atoms with Crippen LogP contribution in [0.1, 0.15) is 31.9 Å². The second-order valence-electron chi connectivity index (χ2n) is 5.70. The molecule has 0 radical (unpaired) electrons. The van der Waals surface area contributed by atoms with Crippen LogP contribution < -0.4 is 10.1 Å². The van der Waals surface area contributed by atoms with Crippen molar-refractivity contribution in [3.05, 3.63) is 29.3 Å². The fraction of sp³-hybridized carbons (Fsp3) is 0.533. The SMILES string of the molecule is CNC(=O)N(C)Cc1ccc(OC)c(C(C)(C)C)c1. The number of urea groups is 1. The molecule has 0 aromatic heterocycles. The van der Waals surface area contributed by atoms with E-state index in [1.54, 1.807) is 26.1 Å². The average molecular weight is 264 g/mol. The summed E-state index contributed by atoms with van der Waals surface area (Å²) in [6.07, 6.45) is 0. The quantitative estimate of drug-likeness (QED) is 0.912. The Hall–Kier alpha value is -1.71. The normalized spacial score (nSPS) is 11.1. The Kier molecular flexibility index (Phi) is 4.81. The molecule has 0 bridgehead atoms. The molecule has 0 aliphatic carbocycles. The average Bonchev–Trinajstić information content (AvgIpc) is 2.36. The fourth-order valence-corrected chi connectivity index (χ4v) is 1.98. The number of carbonyl (C=O) groups excluding carboxylic acids is 1. The van der Waals surface area contributed by atoms with Gasteiger partial charge in [-0.15, -0.1) is 0 Å². The van der Waals surface area contributed by atoms with E-state index in [-0.39, 0.29) is 11.4 Å². The third-order valence-corrected chi connectivity index (χ3v) is 3.05. The van der Waals surface area contributed by atoms with Crippen molar-refractivity contribution in [2.24, 2.45) is 0 Å². The number of carbonyl (C=O) groups is 1. The number of nitrogens with zero attached hydrogens (tertiary/aromatic N) is 1. The van der Waals surface area contributed by atoms with E-state index >= 15 is 0 Å². The number of rotatable bonds is 3. The minimum atomic E-state index is -0.0897. The van der Waals surface area contributed by atoms with Crippen LogP contribution in [0, 0.1) is 0 Å². The van der Waals surface area contributed by atoms with E-state index in [4.69, 9.17) is 4.74 Å². The molecule has 0 aliphatic rings. The zero-order valence-electron chi connectivity index (χ0n) is 12.7. The molecule has 2 amide bonds. The Balaban J connectivity index is 3.02. The molecule has 0 saturated heterocycles. The monoisotopic (exact) mass is 264 g/mol. The topological polar surface area (TPSA) is 41.6 Å². The van der Waals surface area contributed by atoms with Crippen LogP contribution in [0.3, 0.4) is 0 Å². The third-order valence-electron chi connectivity index (χ3n) is 3.05. The van der Waals surface area contributed by atoms with E-state index in [9.17, 15) is 4.79 Å². The summed E-state index contributed by atoms with van der Waals surface area (Å²) in [5, 5.41) is 2.61. The van der Waals surface area contributed by atoms with Crippen LogP contribution in [0.15, 0.2) is 18.2 Å². The molecule has 4 nitrogen and oxygen atoms in total. The molecule has 0 spiro atoms. The Morgan fingerprint density at radius 2 is 2.00 bits per heavy atom. The Morgan fingerprint density at radius 1 is 1.37 bits per heavy atom. The number of nitrogens with one attached hydrogen (secondary N) is 1. The van der Waals surface area contributed by atoms with Crippen molar-refractivity contribution in [1.82, 2.24) is 10.2 Å². The van der Waals surface area contributed by atoms with E-state index in [1.165, 1.54) is 0 Å². The molecule has 4 heteroatoms. The van der Waals surface area contributed by atoms with Gasteiger partial charge in [-0.05, 0) is 28.7 Å². The lowest BCUT2D eigenvalue weighted by molar-refractivity contribution is 0.209. The zero-order valence-corrected chi connectivity index (χ0v) is 12.7. The van der Waals surface area contributed by atoms with Gasteiger partial charge in [0, 0.05) is 20.6 Å². The summed E-state index contributed by atoms with van der Waals surface area (Å²) in [5.74, 6) is 0.888. The zero-order chi connectivity index (χ0) is 14.6. The standard InChI is InChI=1S/C15H24N2O2/c1-15(2,3)12-9-11(7-8-13(12)19-6)10-17(5)14(18)16-4/h7-9H,10H2,1-6H3,(H,16,18). The molecule has 0 fully saturated rings. The lowest BCUT2D eigenvalue weighted by Crippen LogP contribution is -2.34. The first kappa shape index (κ1) is 15.3. The Bertz CT molecular complexity index is 450. The second kappa shape index (κ2) is 5.95. The maximum absolute atomic E-state index is 11.5. The Labute approximate surface area is 115 Å². The van der Waals surface area contributed by atoms with Crippen molar-refractivity contribution in [2.45, 2.75) is 32.7 Å². The summed E-state index contributed by atoms with van der Waals surface area (Å²) in [7, 11) is 5.09. The van der Waals surface area contributed by atoms with Crippen molar-refractivity contribution >= 4 is 6.03 Å². The molecule has 1 aromatic rings. The molecule has 19 heavy (non-hydrogen) atoms. The molecular weight excluding hydrogens is 240 g/mol. The van der Waals surface area contributed by atoms with Gasteiger partial charge < -0.3 is 15.0 Å². The largest absolute Gasteiger partial charge is 0.496 e. The number of methoxy groups -OCH3 is 1. The van der Waals surface area contributed by atoms with Gasteiger partial charge in [0.05, 0.1) is 7.11 Å². The molecule has 0 saturated carbocycles. The van der Waals surface area contributed by atoms with Crippen LogP contribution in [0.25, 0.3) is 0 Å². The maximum Gasteiger partial charge on any atom is 0.317 e. The first-order valence-corrected chi connectivity index (χ1v) is 6.40. The summed E-state index contributed by atoms with van der Waals surface area (Å²) in [6.45, 7) is 7.03. The highest BCUT2D eigenvalue weighted by Crippen LogP contribution is 2.32. The van der Waals surface area contributed by atoms with Crippen molar-refractivity contribution in [3.8, 4) is 5.75 Å². The second-order valence-corrected chi connectivity index (χ2v) is 5.70. The molecule has 0 atom stereocenters. The van der Waals surface area contributed by atoms with Gasteiger partial charge in [-0.25, -0.2) is 4.79 Å². The van der Waals surface area contributed by atoms with Gasteiger partial charge in [0.15, 0.2) is 0 Å². The van der Waals surface area contributed by atoms with Crippen molar-refractivity contribution < 1.29 is 9.53 Å². The van der Waals surface area contributed by atoms with E-state index in [1.807, 2.05) is 12.1 Å². The van der Waals surface area contributed by atoms with Gasteiger partial charge in [0.25, 0.3) is 0 Å². The third kappa shape index (κ3) is 3.88. The molecule has 106 valence electrons. The highest BCUT2D eigenvalue weighted by molar-refractivity contribution is 5.73. The molecule has 0 unspecified atom stereocenters. The van der Waals surface area contributed by atoms with Crippen molar-refractivity contribution in [3.63, 3.8) is 0 Å². The first-order valence-electron chi connectivity index (χ1n) is 6.40. The van der Waals surface area contributed by atoms with Crippen molar-refractivity contribution in [2.75, 3.05) is 21.2 Å². The number of hydrogen-bond donors (Lipinski definition) is 1. The molecular formula is C15H24N2O2. The predicted molar refractivity (Wildman–Crippen MR) is 77.6 cm³/mol. The van der Waals surface area contributed by atoms with Crippen LogP contribution in [0.5, 0.6) is 5.75 Å². The molecule has 1 aromatic carbocycles. The maximum atomic E-state index is 11.5. The number of hydrogen-bond acceptors (Lipinski definition) is 2. The summed E-state index contributed by atoms with van der Waals surface area (Å²) < 4.78 is 5.41. The van der Waals surface area contributed by atoms with E-state index in [0.29, 0.717) is 6.54 Å². The fourth-order valence-electron chi connectivity index (χ4n) is 1.98. The first-order chi connectivity index (χ1) is 8.79. The summed E-state index contributed by atoms with van der Waals surface area (Å²) in [6, 6.07) is 5.98. The van der Waals surface area contributed by atoms with Crippen LogP contribution in [0.4, 0.5) is 4.79 Å². The van der Waals surface area contributed by atoms with Gasteiger partial charge in [-0.1, -0.05) is 26.8 Å². The van der Waals surface area contributed by atoms with Crippen molar-refractivity contribution in [1.29, 1.82) is 0 Å². The lowest BCUT2D eigenvalue weighted by atomic mass is 9.85. The molecule has 0 heterocycles. The highest BCUT2D eigenvalue weighted by atomic mass is 16.5. The Morgan fingerprint density at radius 3 is 2.47 bits per heavy atom. The molecule has 1 rings (SSSR count). The van der Waals surface area contributed by atoms with Crippen LogP contribution in [-0.4, -0.2) is 32.1 Å². The van der Waals surface area contributed by atoms with Gasteiger partial charge in [-0.2, -0.15) is 0 Å². The smallest absolute Gasteiger partial charge is 0.317 e. The lowest BCUT2D eigenvalue weighted by Gasteiger charge is -2.24. The predicted octanol–water partition coefficient (Wildman–Crippen LogP) is 2.76. The molecule has 1 N–H and O–H groups in total. The van der Waals surface area contributed by atoms with Crippen LogP contribution >= 0.6 is 0 Å². The number of amides is 2.